The van der Waals surface area contributed by atoms with Crippen LogP contribution in [0.25, 0.3) is 17.7 Å². The van der Waals surface area contributed by atoms with Crippen LogP contribution in [-0.2, 0) is 11.7 Å². The minimum atomic E-state index is -4.64. The van der Waals surface area contributed by atoms with Crippen molar-refractivity contribution in [3.05, 3.63) is 17.5 Å². The van der Waals surface area contributed by atoms with Crippen molar-refractivity contribution >= 4 is 12.4 Å². The molecule has 10 nitrogen and oxygen atoms in total. The van der Waals surface area contributed by atoms with Crippen LogP contribution in [0.2, 0.25) is 0 Å². The fourth-order valence-corrected chi connectivity index (χ4v) is 2.89. The van der Waals surface area contributed by atoms with Gasteiger partial charge in [-0.05, 0) is 19.8 Å². The van der Waals surface area contributed by atoms with Gasteiger partial charge in [-0.25, -0.2) is 4.98 Å². The molecule has 0 radical (unpaired) electrons. The number of rotatable bonds is 3. The Morgan fingerprint density at radius 2 is 1.89 bits per heavy atom. The van der Waals surface area contributed by atoms with Crippen LogP contribution < -0.4 is 5.73 Å². The maximum atomic E-state index is 12.7. The average molecular weight is 406 g/mol. The van der Waals surface area contributed by atoms with Crippen LogP contribution in [-0.4, -0.2) is 40.1 Å². The van der Waals surface area contributed by atoms with E-state index in [-0.39, 0.29) is 35.9 Å². The molecule has 1 fully saturated rings. The molecule has 146 valence electrons. The Balaban J connectivity index is 0.00000210. The second kappa shape index (κ2) is 6.56. The topological polar surface area (TPSA) is 137 Å². The summed E-state index contributed by atoms with van der Waals surface area (Å²) in [7, 11) is 0. The van der Waals surface area contributed by atoms with Gasteiger partial charge in [-0.3, -0.25) is 5.10 Å². The van der Waals surface area contributed by atoms with Crippen molar-refractivity contribution in [1.29, 1.82) is 0 Å². The standard InChI is InChI=1S/C13H14F3N9O.ClH/c1-6-18-7(8-19-9(24-26-8)12(17)4-2-3-5-12)23-25(6)11-20-10(21-22-11)13(14,15)16;/h2-5,17H2,1H3,(H,20,21,22);1H. The molecule has 27 heavy (non-hydrogen) atoms. The van der Waals surface area contributed by atoms with Crippen molar-refractivity contribution in [2.75, 3.05) is 0 Å². The molecule has 0 aliphatic heterocycles. The summed E-state index contributed by atoms with van der Waals surface area (Å²) in [5.41, 5.74) is 5.65. The van der Waals surface area contributed by atoms with Gasteiger partial charge in [0, 0.05) is 0 Å². The lowest BCUT2D eigenvalue weighted by Crippen LogP contribution is -2.34. The number of nitrogens with one attached hydrogen (secondary N) is 1. The third-order valence-electron chi connectivity index (χ3n) is 4.26. The van der Waals surface area contributed by atoms with Crippen molar-refractivity contribution in [2.45, 2.75) is 44.3 Å². The molecular formula is C13H15ClF3N9O. The van der Waals surface area contributed by atoms with Crippen LogP contribution in [0.15, 0.2) is 4.52 Å². The highest BCUT2D eigenvalue weighted by atomic mass is 35.5. The summed E-state index contributed by atoms with van der Waals surface area (Å²) in [6.07, 6.45) is -1.16. The monoisotopic (exact) mass is 405 g/mol. The van der Waals surface area contributed by atoms with Gasteiger partial charge in [0.25, 0.3) is 11.8 Å². The van der Waals surface area contributed by atoms with Gasteiger partial charge in [0.1, 0.15) is 5.82 Å². The van der Waals surface area contributed by atoms with Crippen LogP contribution >= 0.6 is 12.4 Å². The zero-order valence-electron chi connectivity index (χ0n) is 14.0. The Kier molecular flexibility index (Phi) is 4.67. The van der Waals surface area contributed by atoms with Crippen LogP contribution in [0.1, 0.15) is 43.2 Å². The van der Waals surface area contributed by atoms with Gasteiger partial charge in [-0.1, -0.05) is 18.0 Å². The van der Waals surface area contributed by atoms with Crippen molar-refractivity contribution in [3.8, 4) is 17.7 Å². The summed E-state index contributed by atoms with van der Waals surface area (Å²) in [5.74, 6) is -0.798. The quantitative estimate of drug-likeness (QED) is 0.674. The molecule has 14 heteroatoms. The second-order valence-corrected chi connectivity index (χ2v) is 6.16. The molecule has 3 N–H and O–H groups in total. The molecule has 0 unspecified atom stereocenters. The number of halogens is 4. The normalized spacial score (nSPS) is 16.5. The lowest BCUT2D eigenvalue weighted by atomic mass is 9.99. The van der Waals surface area contributed by atoms with E-state index < -0.39 is 17.5 Å². The number of hydrogen-bond donors (Lipinski definition) is 2. The van der Waals surface area contributed by atoms with Crippen molar-refractivity contribution < 1.29 is 17.7 Å². The highest BCUT2D eigenvalue weighted by molar-refractivity contribution is 5.85. The van der Waals surface area contributed by atoms with Crippen LogP contribution in [0, 0.1) is 6.92 Å². The molecule has 0 saturated heterocycles. The maximum absolute atomic E-state index is 12.7. The number of H-pyrrole nitrogens is 1. The summed E-state index contributed by atoms with van der Waals surface area (Å²) >= 11 is 0. The largest absolute Gasteiger partial charge is 0.451 e. The van der Waals surface area contributed by atoms with E-state index in [1.807, 2.05) is 5.10 Å². The van der Waals surface area contributed by atoms with Gasteiger partial charge in [0.2, 0.25) is 11.6 Å². The Labute approximate surface area is 156 Å². The Morgan fingerprint density at radius 3 is 2.52 bits per heavy atom. The van der Waals surface area contributed by atoms with Gasteiger partial charge in [-0.2, -0.15) is 27.8 Å². The third kappa shape index (κ3) is 3.39. The fraction of sp³-hybridized carbons (Fsp3) is 0.538. The summed E-state index contributed by atoms with van der Waals surface area (Å²) in [4.78, 5) is 11.8. The van der Waals surface area contributed by atoms with Gasteiger partial charge >= 0.3 is 6.18 Å². The highest BCUT2D eigenvalue weighted by Crippen LogP contribution is 2.35. The second-order valence-electron chi connectivity index (χ2n) is 6.16. The number of aryl methyl sites for hydroxylation is 1. The van der Waals surface area contributed by atoms with Gasteiger partial charge in [0.05, 0.1) is 5.54 Å². The lowest BCUT2D eigenvalue weighted by molar-refractivity contribution is -0.144. The van der Waals surface area contributed by atoms with Gasteiger partial charge in [-0.15, -0.1) is 22.6 Å². The number of hydrogen-bond acceptors (Lipinski definition) is 8. The van der Waals surface area contributed by atoms with Gasteiger partial charge in [0.15, 0.2) is 5.82 Å². The molecule has 3 aromatic rings. The van der Waals surface area contributed by atoms with E-state index >= 15 is 0 Å². The number of nitrogens with two attached hydrogens (primary N) is 1. The molecule has 1 aliphatic rings. The molecule has 0 spiro atoms. The van der Waals surface area contributed by atoms with Crippen molar-refractivity contribution in [3.63, 3.8) is 0 Å². The summed E-state index contributed by atoms with van der Waals surface area (Å²) in [6, 6.07) is 0. The summed E-state index contributed by atoms with van der Waals surface area (Å²) in [5, 5.41) is 13.3. The van der Waals surface area contributed by atoms with Crippen molar-refractivity contribution in [2.24, 2.45) is 5.73 Å². The van der Waals surface area contributed by atoms with Gasteiger partial charge < -0.3 is 10.3 Å². The van der Waals surface area contributed by atoms with E-state index in [1.54, 1.807) is 6.92 Å². The van der Waals surface area contributed by atoms with E-state index in [1.165, 1.54) is 0 Å². The molecule has 0 atom stereocenters. The van der Waals surface area contributed by atoms with E-state index in [0.29, 0.717) is 5.82 Å². The molecule has 3 aromatic heterocycles. The minimum Gasteiger partial charge on any atom is -0.330 e. The van der Waals surface area contributed by atoms with E-state index in [9.17, 15) is 13.2 Å². The Morgan fingerprint density at radius 1 is 1.19 bits per heavy atom. The summed E-state index contributed by atoms with van der Waals surface area (Å²) in [6.45, 7) is 1.54. The average Bonchev–Trinajstić information content (AvgIpc) is 3.32. The summed E-state index contributed by atoms with van der Waals surface area (Å²) < 4.78 is 44.2. The zero-order valence-corrected chi connectivity index (χ0v) is 14.8. The molecular weight excluding hydrogens is 391 g/mol. The smallest absolute Gasteiger partial charge is 0.330 e. The predicted octanol–water partition coefficient (Wildman–Crippen LogP) is 1.91. The SMILES string of the molecule is Cc1nc(-c2nc(C3(N)CCCC3)no2)nn1-c1n[nH]c(C(F)(F)F)n1.Cl. The first kappa shape index (κ1) is 19.2. The van der Waals surface area contributed by atoms with E-state index in [4.69, 9.17) is 10.3 Å². The molecule has 4 rings (SSSR count). The first-order chi connectivity index (χ1) is 12.3. The van der Waals surface area contributed by atoms with E-state index in [2.05, 4.69) is 30.3 Å². The van der Waals surface area contributed by atoms with E-state index in [0.717, 1.165) is 30.4 Å². The fourth-order valence-electron chi connectivity index (χ4n) is 2.89. The molecule has 0 aromatic carbocycles. The molecule has 1 saturated carbocycles. The third-order valence-corrected chi connectivity index (χ3v) is 4.26. The lowest BCUT2D eigenvalue weighted by Gasteiger charge is -2.17. The Bertz CT molecular complexity index is 941. The first-order valence-corrected chi connectivity index (χ1v) is 7.83. The first-order valence-electron chi connectivity index (χ1n) is 7.83. The number of alkyl halides is 3. The Hall–Kier alpha value is -2.54. The number of nitrogens with zero attached hydrogens (tertiary/aromatic N) is 7. The predicted molar refractivity (Wildman–Crippen MR) is 85.9 cm³/mol. The highest BCUT2D eigenvalue weighted by Gasteiger charge is 2.37. The zero-order chi connectivity index (χ0) is 18.5. The van der Waals surface area contributed by atoms with Crippen LogP contribution in [0.3, 0.4) is 0 Å². The van der Waals surface area contributed by atoms with Crippen molar-refractivity contribution in [1.82, 2.24) is 40.1 Å². The molecule has 3 heterocycles. The van der Waals surface area contributed by atoms with Crippen LogP contribution in [0.4, 0.5) is 13.2 Å². The molecule has 0 bridgehead atoms. The number of aromatic amines is 1. The molecule has 0 amide bonds. The number of aromatic nitrogens is 8. The van der Waals surface area contributed by atoms with Crippen LogP contribution in [0.5, 0.6) is 0 Å². The maximum Gasteiger partial charge on any atom is 0.451 e. The molecule has 1 aliphatic carbocycles. The minimum absolute atomic E-state index is 0.